The number of esters is 1. The lowest BCUT2D eigenvalue weighted by atomic mass is 10.1. The van der Waals surface area contributed by atoms with Crippen molar-refractivity contribution in [1.29, 1.82) is 0 Å². The predicted octanol–water partition coefficient (Wildman–Crippen LogP) is 2.67. The molecule has 0 fully saturated rings. The van der Waals surface area contributed by atoms with Crippen molar-refractivity contribution in [2.75, 3.05) is 6.61 Å². The second-order valence-electron chi connectivity index (χ2n) is 3.00. The molecule has 0 aliphatic rings. The molecule has 0 radical (unpaired) electrons. The van der Waals surface area contributed by atoms with Crippen LogP contribution in [-0.2, 0) is 11.2 Å². The van der Waals surface area contributed by atoms with E-state index in [1.165, 1.54) is 0 Å². The molecule has 0 aliphatic heterocycles. The van der Waals surface area contributed by atoms with Gasteiger partial charge < -0.3 is 4.74 Å². The van der Waals surface area contributed by atoms with Crippen LogP contribution in [0.2, 0.25) is 0 Å². The number of hydrogen-bond donors (Lipinski definition) is 0. The Labute approximate surface area is 86.9 Å². The van der Waals surface area contributed by atoms with Crippen molar-refractivity contribution in [1.82, 2.24) is 0 Å². The molecule has 1 aromatic rings. The Morgan fingerprint density at radius 3 is 2.67 bits per heavy atom. The molecule has 0 aliphatic carbocycles. The molecule has 15 heavy (non-hydrogen) atoms. The molecule has 0 heterocycles. The van der Waals surface area contributed by atoms with E-state index in [0.717, 1.165) is 5.56 Å². The zero-order valence-electron chi connectivity index (χ0n) is 8.37. The average Bonchev–Trinajstić information content (AvgIpc) is 2.25. The van der Waals surface area contributed by atoms with Gasteiger partial charge >= 0.3 is 5.97 Å². The molecule has 1 aromatic carbocycles. The third-order valence-electron chi connectivity index (χ3n) is 1.96. The lowest BCUT2D eigenvalue weighted by Gasteiger charge is -2.07. The van der Waals surface area contributed by atoms with Crippen LogP contribution in [0.25, 0.3) is 0 Å². The van der Waals surface area contributed by atoms with Gasteiger partial charge in [-0.05, 0) is 18.1 Å². The highest BCUT2D eigenvalue weighted by Gasteiger charge is 2.13. The number of halogens is 2. The van der Waals surface area contributed by atoms with E-state index in [1.54, 1.807) is 24.3 Å². The summed E-state index contributed by atoms with van der Waals surface area (Å²) < 4.78 is 28.1. The van der Waals surface area contributed by atoms with Crippen LogP contribution in [0.4, 0.5) is 8.78 Å². The molecule has 0 spiro atoms. The van der Waals surface area contributed by atoms with Crippen LogP contribution in [0.3, 0.4) is 0 Å². The van der Waals surface area contributed by atoms with Crippen LogP contribution < -0.4 is 0 Å². The number of hydrogen-bond acceptors (Lipinski definition) is 2. The lowest BCUT2D eigenvalue weighted by molar-refractivity contribution is 0.0159. The van der Waals surface area contributed by atoms with Crippen LogP contribution in [0.5, 0.6) is 0 Å². The second kappa shape index (κ2) is 5.44. The quantitative estimate of drug-likeness (QED) is 0.720. The van der Waals surface area contributed by atoms with Gasteiger partial charge in [0.05, 0.1) is 5.56 Å². The number of ether oxygens (including phenoxy) is 1. The minimum Gasteiger partial charge on any atom is -0.456 e. The maximum absolute atomic E-state index is 11.8. The third-order valence-corrected chi connectivity index (χ3v) is 1.96. The highest BCUT2D eigenvalue weighted by molar-refractivity contribution is 5.91. The van der Waals surface area contributed by atoms with Gasteiger partial charge in [0, 0.05) is 0 Å². The summed E-state index contributed by atoms with van der Waals surface area (Å²) in [6, 6.07) is 6.83. The van der Waals surface area contributed by atoms with Crippen molar-refractivity contribution < 1.29 is 18.3 Å². The molecule has 0 unspecified atom stereocenters. The number of carbonyl (C=O) groups is 1. The summed E-state index contributed by atoms with van der Waals surface area (Å²) in [5.41, 5.74) is 1.16. The molecule has 2 nitrogen and oxygen atoms in total. The molecule has 0 amide bonds. The maximum Gasteiger partial charge on any atom is 0.338 e. The lowest BCUT2D eigenvalue weighted by Crippen LogP contribution is -2.13. The fraction of sp³-hybridized carbons (Fsp3) is 0.364. The monoisotopic (exact) mass is 214 g/mol. The molecule has 0 saturated carbocycles. The molecule has 0 N–H and O–H groups in total. The molecule has 0 atom stereocenters. The molecule has 4 heteroatoms. The average molecular weight is 214 g/mol. The summed E-state index contributed by atoms with van der Waals surface area (Å²) in [7, 11) is 0. The highest BCUT2D eigenvalue weighted by atomic mass is 19.3. The first kappa shape index (κ1) is 11.6. The summed E-state index contributed by atoms with van der Waals surface area (Å²) in [4.78, 5) is 11.4. The van der Waals surface area contributed by atoms with Gasteiger partial charge in [0.25, 0.3) is 6.43 Å². The third kappa shape index (κ3) is 3.31. The zero-order valence-corrected chi connectivity index (χ0v) is 8.37. The molecular formula is C11H12F2O2. The second-order valence-corrected chi connectivity index (χ2v) is 3.00. The van der Waals surface area contributed by atoms with E-state index >= 15 is 0 Å². The van der Waals surface area contributed by atoms with Gasteiger partial charge in [0.1, 0.15) is 0 Å². The van der Waals surface area contributed by atoms with E-state index in [1.807, 2.05) is 6.92 Å². The van der Waals surface area contributed by atoms with Crippen molar-refractivity contribution in [2.45, 2.75) is 19.8 Å². The van der Waals surface area contributed by atoms with Crippen molar-refractivity contribution in [2.24, 2.45) is 0 Å². The van der Waals surface area contributed by atoms with E-state index in [9.17, 15) is 13.6 Å². The molecule has 1 rings (SSSR count). The molecular weight excluding hydrogens is 202 g/mol. The fourth-order valence-corrected chi connectivity index (χ4v) is 1.24. The van der Waals surface area contributed by atoms with Crippen LogP contribution in [0.1, 0.15) is 22.8 Å². The Hall–Kier alpha value is -1.45. The topological polar surface area (TPSA) is 26.3 Å². The van der Waals surface area contributed by atoms with Gasteiger partial charge in [0.2, 0.25) is 0 Å². The van der Waals surface area contributed by atoms with Crippen molar-refractivity contribution in [3.8, 4) is 0 Å². The Morgan fingerprint density at radius 1 is 1.40 bits per heavy atom. The van der Waals surface area contributed by atoms with Crippen molar-refractivity contribution in [3.63, 3.8) is 0 Å². The Balaban J connectivity index is 2.72. The number of carbonyl (C=O) groups excluding carboxylic acids is 1. The number of benzene rings is 1. The first-order chi connectivity index (χ1) is 7.15. The largest absolute Gasteiger partial charge is 0.456 e. The SMILES string of the molecule is CCc1ccccc1C(=O)OCC(F)F. The normalized spacial score (nSPS) is 10.4. The van der Waals surface area contributed by atoms with Crippen molar-refractivity contribution >= 4 is 5.97 Å². The standard InChI is InChI=1S/C11H12F2O2/c1-2-8-5-3-4-6-9(8)11(14)15-7-10(12)13/h3-6,10H,2,7H2,1H3. The summed E-state index contributed by atoms with van der Waals surface area (Å²) in [6.07, 6.45) is -1.96. The zero-order chi connectivity index (χ0) is 11.3. The number of rotatable bonds is 4. The summed E-state index contributed by atoms with van der Waals surface area (Å²) in [6.45, 7) is 1.04. The first-order valence-corrected chi connectivity index (χ1v) is 4.68. The predicted molar refractivity (Wildman–Crippen MR) is 52.1 cm³/mol. The summed E-state index contributed by atoms with van der Waals surface area (Å²) >= 11 is 0. The smallest absolute Gasteiger partial charge is 0.338 e. The Morgan fingerprint density at radius 2 is 2.07 bits per heavy atom. The minimum atomic E-state index is -2.62. The van der Waals surface area contributed by atoms with E-state index in [0.29, 0.717) is 12.0 Å². The number of aryl methyl sites for hydroxylation is 1. The highest BCUT2D eigenvalue weighted by Crippen LogP contribution is 2.11. The summed E-state index contributed by atoms with van der Waals surface area (Å²) in [5.74, 6) is -0.687. The summed E-state index contributed by atoms with van der Waals surface area (Å²) in [5, 5.41) is 0. The van der Waals surface area contributed by atoms with Gasteiger partial charge in [-0.1, -0.05) is 25.1 Å². The van der Waals surface area contributed by atoms with Gasteiger partial charge in [-0.2, -0.15) is 0 Å². The van der Waals surface area contributed by atoms with Gasteiger partial charge in [-0.25, -0.2) is 13.6 Å². The molecule has 0 aromatic heterocycles. The molecule has 82 valence electrons. The Kier molecular flexibility index (Phi) is 4.21. The van der Waals surface area contributed by atoms with Gasteiger partial charge in [-0.3, -0.25) is 0 Å². The fourth-order valence-electron chi connectivity index (χ4n) is 1.24. The van der Waals surface area contributed by atoms with Gasteiger partial charge in [-0.15, -0.1) is 0 Å². The first-order valence-electron chi connectivity index (χ1n) is 4.68. The van der Waals surface area contributed by atoms with Crippen LogP contribution in [0, 0.1) is 0 Å². The van der Waals surface area contributed by atoms with Crippen LogP contribution >= 0.6 is 0 Å². The number of alkyl halides is 2. The Bertz CT molecular complexity index is 337. The molecule has 0 saturated heterocycles. The van der Waals surface area contributed by atoms with E-state index in [4.69, 9.17) is 0 Å². The van der Waals surface area contributed by atoms with Gasteiger partial charge in [0.15, 0.2) is 6.61 Å². The van der Waals surface area contributed by atoms with E-state index in [-0.39, 0.29) is 0 Å². The van der Waals surface area contributed by atoms with Crippen LogP contribution in [0.15, 0.2) is 24.3 Å². The van der Waals surface area contributed by atoms with E-state index in [2.05, 4.69) is 4.74 Å². The van der Waals surface area contributed by atoms with Crippen molar-refractivity contribution in [3.05, 3.63) is 35.4 Å². The van der Waals surface area contributed by atoms with E-state index < -0.39 is 19.0 Å². The van der Waals surface area contributed by atoms with Crippen LogP contribution in [-0.4, -0.2) is 19.0 Å². The maximum atomic E-state index is 11.8. The molecule has 0 bridgehead atoms. The minimum absolute atomic E-state index is 0.362.